The summed E-state index contributed by atoms with van der Waals surface area (Å²) in [5.41, 5.74) is 2.70. The van der Waals surface area contributed by atoms with Crippen molar-refractivity contribution in [1.29, 1.82) is 0 Å². The molecule has 0 radical (unpaired) electrons. The van der Waals surface area contributed by atoms with Gasteiger partial charge in [0.05, 0.1) is 6.54 Å². The van der Waals surface area contributed by atoms with E-state index < -0.39 is 0 Å². The predicted molar refractivity (Wildman–Crippen MR) is 74.3 cm³/mol. The molecule has 0 amide bonds. The zero-order valence-corrected chi connectivity index (χ0v) is 11.6. The normalized spacial score (nSPS) is 9.94. The summed E-state index contributed by atoms with van der Waals surface area (Å²) in [6.07, 6.45) is 1.06. The Kier molecular flexibility index (Phi) is 5.01. The number of nitrogens with zero attached hydrogens (tertiary/aromatic N) is 3. The van der Waals surface area contributed by atoms with Crippen LogP contribution in [0.25, 0.3) is 0 Å². The Morgan fingerprint density at radius 2 is 1.53 bits per heavy atom. The van der Waals surface area contributed by atoms with Gasteiger partial charge in [-0.2, -0.15) is 0 Å². The first-order valence-electron chi connectivity index (χ1n) is 6.02. The van der Waals surface area contributed by atoms with Gasteiger partial charge < -0.3 is 9.80 Å². The largest absolute Gasteiger partial charge is 0.349 e. The molecular weight excluding hydrogens is 210 g/mol. The van der Waals surface area contributed by atoms with Crippen molar-refractivity contribution in [2.24, 2.45) is 4.99 Å². The predicted octanol–water partition coefficient (Wildman–Crippen LogP) is 2.23. The molecule has 0 spiro atoms. The minimum absolute atomic E-state index is 0.746. The lowest BCUT2D eigenvalue weighted by Gasteiger charge is -2.22. The van der Waals surface area contributed by atoms with E-state index in [9.17, 15) is 0 Å². The molecule has 0 aliphatic carbocycles. The smallest absolute Gasteiger partial charge is 0.195 e. The summed E-state index contributed by atoms with van der Waals surface area (Å²) in [5, 5.41) is 0. The Bertz CT molecular complexity index is 371. The number of rotatable bonds is 3. The third kappa shape index (κ3) is 3.77. The average Bonchev–Trinajstić information content (AvgIpc) is 2.29. The van der Waals surface area contributed by atoms with Gasteiger partial charge in [-0.1, -0.05) is 31.2 Å². The fourth-order valence-corrected chi connectivity index (χ4v) is 1.90. The van der Waals surface area contributed by atoms with Gasteiger partial charge in [0.2, 0.25) is 0 Å². The summed E-state index contributed by atoms with van der Waals surface area (Å²) in [7, 11) is 8.07. The number of guanidine groups is 1. The van der Waals surface area contributed by atoms with Gasteiger partial charge in [0.1, 0.15) is 0 Å². The van der Waals surface area contributed by atoms with Crippen molar-refractivity contribution in [1.82, 2.24) is 9.80 Å². The summed E-state index contributed by atoms with van der Waals surface area (Å²) in [6.45, 7) is 2.93. The SMILES string of the molecule is CCc1ccccc1CN=C(N(C)C)N(C)C. The zero-order valence-electron chi connectivity index (χ0n) is 11.6. The summed E-state index contributed by atoms with van der Waals surface area (Å²) in [6, 6.07) is 8.50. The highest BCUT2D eigenvalue weighted by molar-refractivity contribution is 5.79. The lowest BCUT2D eigenvalue weighted by molar-refractivity contribution is 0.479. The molecule has 0 unspecified atom stereocenters. The fourth-order valence-electron chi connectivity index (χ4n) is 1.90. The van der Waals surface area contributed by atoms with Crippen molar-refractivity contribution < 1.29 is 0 Å². The topological polar surface area (TPSA) is 18.8 Å². The molecule has 0 bridgehead atoms. The van der Waals surface area contributed by atoms with Gasteiger partial charge in [0, 0.05) is 28.2 Å². The summed E-state index contributed by atoms with van der Waals surface area (Å²) >= 11 is 0. The second kappa shape index (κ2) is 6.28. The van der Waals surface area contributed by atoms with Gasteiger partial charge in [-0.3, -0.25) is 0 Å². The van der Waals surface area contributed by atoms with E-state index in [0.29, 0.717) is 0 Å². The van der Waals surface area contributed by atoms with Crippen LogP contribution in [0.5, 0.6) is 0 Å². The van der Waals surface area contributed by atoms with E-state index in [1.165, 1.54) is 11.1 Å². The molecule has 0 N–H and O–H groups in total. The Labute approximate surface area is 105 Å². The van der Waals surface area contributed by atoms with E-state index in [1.54, 1.807) is 0 Å². The molecule has 0 aromatic heterocycles. The van der Waals surface area contributed by atoms with Crippen LogP contribution in [0.2, 0.25) is 0 Å². The molecular formula is C14H23N3. The van der Waals surface area contributed by atoms with Crippen molar-refractivity contribution in [2.75, 3.05) is 28.2 Å². The third-order valence-electron chi connectivity index (χ3n) is 2.69. The molecule has 0 atom stereocenters. The Morgan fingerprint density at radius 1 is 1.00 bits per heavy atom. The summed E-state index contributed by atoms with van der Waals surface area (Å²) in [4.78, 5) is 8.74. The number of aryl methyl sites for hydroxylation is 1. The van der Waals surface area contributed by atoms with Crippen LogP contribution < -0.4 is 0 Å². The first-order valence-corrected chi connectivity index (χ1v) is 6.02. The third-order valence-corrected chi connectivity index (χ3v) is 2.69. The van der Waals surface area contributed by atoms with Crippen LogP contribution in [0, 0.1) is 0 Å². The second-order valence-corrected chi connectivity index (χ2v) is 4.53. The summed E-state index contributed by atoms with van der Waals surface area (Å²) in [5.74, 6) is 0.996. The van der Waals surface area contributed by atoms with E-state index in [2.05, 4.69) is 36.2 Å². The van der Waals surface area contributed by atoms with Crippen molar-refractivity contribution in [3.8, 4) is 0 Å². The highest BCUT2D eigenvalue weighted by atomic mass is 15.3. The Balaban J connectivity index is 2.87. The van der Waals surface area contributed by atoms with E-state index >= 15 is 0 Å². The molecule has 1 aromatic rings. The summed E-state index contributed by atoms with van der Waals surface area (Å²) < 4.78 is 0. The monoisotopic (exact) mass is 233 g/mol. The van der Waals surface area contributed by atoms with Gasteiger partial charge in [-0.05, 0) is 17.5 Å². The maximum absolute atomic E-state index is 4.67. The highest BCUT2D eigenvalue weighted by Gasteiger charge is 2.04. The Morgan fingerprint density at radius 3 is 2.00 bits per heavy atom. The quantitative estimate of drug-likeness (QED) is 0.589. The van der Waals surface area contributed by atoms with Crippen LogP contribution in [-0.4, -0.2) is 44.0 Å². The van der Waals surface area contributed by atoms with Crippen LogP contribution in [0.15, 0.2) is 29.3 Å². The fraction of sp³-hybridized carbons (Fsp3) is 0.500. The molecule has 17 heavy (non-hydrogen) atoms. The van der Waals surface area contributed by atoms with Crippen molar-refractivity contribution >= 4 is 5.96 Å². The van der Waals surface area contributed by atoms with Gasteiger partial charge in [-0.15, -0.1) is 0 Å². The maximum atomic E-state index is 4.67. The van der Waals surface area contributed by atoms with Gasteiger partial charge in [0.15, 0.2) is 5.96 Å². The highest BCUT2D eigenvalue weighted by Crippen LogP contribution is 2.11. The minimum Gasteiger partial charge on any atom is -0.349 e. The molecule has 3 nitrogen and oxygen atoms in total. The minimum atomic E-state index is 0.746. The molecule has 1 aromatic carbocycles. The zero-order chi connectivity index (χ0) is 12.8. The average molecular weight is 233 g/mol. The van der Waals surface area contributed by atoms with E-state index in [0.717, 1.165) is 18.9 Å². The molecule has 0 saturated carbocycles. The van der Waals surface area contributed by atoms with E-state index in [-0.39, 0.29) is 0 Å². The molecule has 0 aliphatic heterocycles. The van der Waals surface area contributed by atoms with Crippen molar-refractivity contribution in [2.45, 2.75) is 19.9 Å². The lowest BCUT2D eigenvalue weighted by Crippen LogP contribution is -2.35. The second-order valence-electron chi connectivity index (χ2n) is 4.53. The first kappa shape index (κ1) is 13.6. The number of aliphatic imine (C=N–C) groups is 1. The molecule has 94 valence electrons. The molecule has 3 heteroatoms. The number of hydrogen-bond acceptors (Lipinski definition) is 1. The number of hydrogen-bond donors (Lipinski definition) is 0. The van der Waals surface area contributed by atoms with Crippen LogP contribution >= 0.6 is 0 Å². The first-order chi connectivity index (χ1) is 8.06. The molecule has 0 heterocycles. The molecule has 1 rings (SSSR count). The Hall–Kier alpha value is -1.51. The van der Waals surface area contributed by atoms with Crippen molar-refractivity contribution in [3.63, 3.8) is 0 Å². The lowest BCUT2D eigenvalue weighted by atomic mass is 10.1. The molecule has 0 saturated heterocycles. The molecule has 0 aliphatic rings. The van der Waals surface area contributed by atoms with Crippen molar-refractivity contribution in [3.05, 3.63) is 35.4 Å². The van der Waals surface area contributed by atoms with Gasteiger partial charge in [-0.25, -0.2) is 4.99 Å². The van der Waals surface area contributed by atoms with Gasteiger partial charge >= 0.3 is 0 Å². The van der Waals surface area contributed by atoms with Crippen LogP contribution in [0.4, 0.5) is 0 Å². The molecule has 0 fully saturated rings. The number of benzene rings is 1. The van der Waals surface area contributed by atoms with Crippen LogP contribution in [0.3, 0.4) is 0 Å². The maximum Gasteiger partial charge on any atom is 0.195 e. The van der Waals surface area contributed by atoms with E-state index in [4.69, 9.17) is 0 Å². The van der Waals surface area contributed by atoms with Crippen LogP contribution in [-0.2, 0) is 13.0 Å². The van der Waals surface area contributed by atoms with E-state index in [1.807, 2.05) is 38.0 Å². The van der Waals surface area contributed by atoms with Crippen LogP contribution in [0.1, 0.15) is 18.1 Å². The standard InChI is InChI=1S/C14H23N3/c1-6-12-9-7-8-10-13(12)11-15-14(16(2)3)17(4)5/h7-10H,6,11H2,1-5H3. The van der Waals surface area contributed by atoms with Gasteiger partial charge in [0.25, 0.3) is 0 Å².